The van der Waals surface area contributed by atoms with E-state index in [0.717, 1.165) is 12.8 Å². The normalized spacial score (nSPS) is 15.5. The lowest BCUT2D eigenvalue weighted by Gasteiger charge is -2.17. The van der Waals surface area contributed by atoms with E-state index < -0.39 is 11.7 Å². The first-order valence-electron chi connectivity index (χ1n) is 7.07. The molecule has 0 bridgehead atoms. The van der Waals surface area contributed by atoms with Crippen molar-refractivity contribution in [3.8, 4) is 5.75 Å². The first kappa shape index (κ1) is 16.1. The molecule has 1 fully saturated rings. The monoisotopic (exact) mass is 302 g/mol. The number of benzene rings is 1. The molecule has 1 aromatic carbocycles. The molecule has 0 aliphatic heterocycles. The lowest BCUT2D eigenvalue weighted by molar-refractivity contribution is -0.139. The molecule has 6 heteroatoms. The maximum atomic E-state index is 13.1. The minimum absolute atomic E-state index is 0.0977. The van der Waals surface area contributed by atoms with Crippen LogP contribution in [0.4, 0.5) is 13.2 Å². The largest absolute Gasteiger partial charge is 0.492 e. The number of nitrogens with one attached hydrogen (secondary N) is 1. The standard InChI is InChI=1S/C15H21F3N2O/c1-20(2)7-8-21-14-6-3-11(10-19-12-4-5-12)9-13(14)15(16,17)18/h3,6,9,12,19H,4-5,7-8,10H2,1-2H3. The van der Waals surface area contributed by atoms with Gasteiger partial charge in [-0.2, -0.15) is 13.2 Å². The fraction of sp³-hybridized carbons (Fsp3) is 0.600. The average molecular weight is 302 g/mol. The predicted molar refractivity (Wildman–Crippen MR) is 75.4 cm³/mol. The van der Waals surface area contributed by atoms with E-state index in [1.54, 1.807) is 6.07 Å². The van der Waals surface area contributed by atoms with Crippen molar-refractivity contribution in [3.63, 3.8) is 0 Å². The molecule has 1 N–H and O–H groups in total. The van der Waals surface area contributed by atoms with Gasteiger partial charge in [-0.1, -0.05) is 6.07 Å². The third kappa shape index (κ3) is 5.21. The maximum Gasteiger partial charge on any atom is 0.419 e. The van der Waals surface area contributed by atoms with Gasteiger partial charge in [0.25, 0.3) is 0 Å². The Morgan fingerprint density at radius 3 is 2.57 bits per heavy atom. The van der Waals surface area contributed by atoms with Gasteiger partial charge in [-0.15, -0.1) is 0 Å². The Morgan fingerprint density at radius 1 is 1.29 bits per heavy atom. The number of rotatable bonds is 7. The summed E-state index contributed by atoms with van der Waals surface area (Å²) in [4.78, 5) is 1.86. The number of alkyl halides is 3. The van der Waals surface area contributed by atoms with Gasteiger partial charge in [-0.25, -0.2) is 0 Å². The molecule has 1 aliphatic carbocycles. The molecule has 0 amide bonds. The van der Waals surface area contributed by atoms with Crippen molar-refractivity contribution in [1.82, 2.24) is 10.2 Å². The molecule has 1 aromatic rings. The van der Waals surface area contributed by atoms with E-state index in [0.29, 0.717) is 24.7 Å². The molecule has 1 aliphatic rings. The molecule has 21 heavy (non-hydrogen) atoms. The van der Waals surface area contributed by atoms with Crippen molar-refractivity contribution < 1.29 is 17.9 Å². The van der Waals surface area contributed by atoms with Gasteiger partial charge in [0.2, 0.25) is 0 Å². The van der Waals surface area contributed by atoms with Crippen LogP contribution in [0.15, 0.2) is 18.2 Å². The zero-order valence-corrected chi connectivity index (χ0v) is 12.3. The average Bonchev–Trinajstić information content (AvgIpc) is 3.19. The molecule has 1 saturated carbocycles. The summed E-state index contributed by atoms with van der Waals surface area (Å²) >= 11 is 0. The van der Waals surface area contributed by atoms with Crippen LogP contribution in [0.1, 0.15) is 24.0 Å². The molecule has 0 aromatic heterocycles. The van der Waals surface area contributed by atoms with Gasteiger partial charge in [0, 0.05) is 19.1 Å². The Balaban J connectivity index is 2.06. The summed E-state index contributed by atoms with van der Waals surface area (Å²) in [6.45, 7) is 1.27. The van der Waals surface area contributed by atoms with Crippen LogP contribution in [0.2, 0.25) is 0 Å². The van der Waals surface area contributed by atoms with Crippen molar-refractivity contribution in [1.29, 1.82) is 0 Å². The molecule has 0 atom stereocenters. The number of nitrogens with zero attached hydrogens (tertiary/aromatic N) is 1. The summed E-state index contributed by atoms with van der Waals surface area (Å²) in [7, 11) is 3.70. The summed E-state index contributed by atoms with van der Waals surface area (Å²) in [5.41, 5.74) is -0.0643. The third-order valence-electron chi connectivity index (χ3n) is 3.32. The summed E-state index contributed by atoms with van der Waals surface area (Å²) in [6, 6.07) is 4.76. The van der Waals surface area contributed by atoms with E-state index in [1.807, 2.05) is 19.0 Å². The van der Waals surface area contributed by atoms with Crippen LogP contribution >= 0.6 is 0 Å². The molecule has 0 radical (unpaired) electrons. The Hall–Kier alpha value is -1.27. The van der Waals surface area contributed by atoms with Crippen LogP contribution < -0.4 is 10.1 Å². The topological polar surface area (TPSA) is 24.5 Å². The third-order valence-corrected chi connectivity index (χ3v) is 3.32. The van der Waals surface area contributed by atoms with Gasteiger partial charge in [0.05, 0.1) is 5.56 Å². The van der Waals surface area contributed by atoms with E-state index in [9.17, 15) is 13.2 Å². The molecule has 0 unspecified atom stereocenters. The Labute approximate surface area is 123 Å². The highest BCUT2D eigenvalue weighted by molar-refractivity contribution is 5.39. The molecule has 0 saturated heterocycles. The second-order valence-electron chi connectivity index (χ2n) is 5.64. The van der Waals surface area contributed by atoms with Crippen LogP contribution in [0.3, 0.4) is 0 Å². The molecular weight excluding hydrogens is 281 g/mol. The van der Waals surface area contributed by atoms with Gasteiger partial charge in [0.15, 0.2) is 0 Å². The fourth-order valence-corrected chi connectivity index (χ4v) is 1.92. The number of hydrogen-bond donors (Lipinski definition) is 1. The Kier molecular flexibility index (Phi) is 5.11. The van der Waals surface area contributed by atoms with Crippen LogP contribution in [0.5, 0.6) is 5.75 Å². The van der Waals surface area contributed by atoms with Gasteiger partial charge in [-0.3, -0.25) is 0 Å². The number of likely N-dealkylation sites (N-methyl/N-ethyl adjacent to an activating group) is 1. The molecule has 0 heterocycles. The van der Waals surface area contributed by atoms with Crippen molar-refractivity contribution in [2.24, 2.45) is 0 Å². The van der Waals surface area contributed by atoms with Gasteiger partial charge < -0.3 is 15.0 Å². The highest BCUT2D eigenvalue weighted by Crippen LogP contribution is 2.37. The zero-order valence-electron chi connectivity index (χ0n) is 12.3. The minimum atomic E-state index is -4.40. The van der Waals surface area contributed by atoms with Gasteiger partial charge >= 0.3 is 6.18 Å². The smallest absolute Gasteiger partial charge is 0.419 e. The predicted octanol–water partition coefficient (Wildman–Crippen LogP) is 2.90. The first-order valence-corrected chi connectivity index (χ1v) is 7.07. The van der Waals surface area contributed by atoms with E-state index in [1.165, 1.54) is 12.1 Å². The van der Waals surface area contributed by atoms with E-state index in [4.69, 9.17) is 4.74 Å². The minimum Gasteiger partial charge on any atom is -0.492 e. The second-order valence-corrected chi connectivity index (χ2v) is 5.64. The van der Waals surface area contributed by atoms with E-state index in [-0.39, 0.29) is 12.4 Å². The van der Waals surface area contributed by atoms with Crippen LogP contribution in [-0.2, 0) is 12.7 Å². The summed E-state index contributed by atoms with van der Waals surface area (Å²) in [6.07, 6.45) is -2.18. The maximum absolute atomic E-state index is 13.1. The van der Waals surface area contributed by atoms with Crippen LogP contribution in [0.25, 0.3) is 0 Å². The molecule has 3 nitrogen and oxygen atoms in total. The van der Waals surface area contributed by atoms with E-state index in [2.05, 4.69) is 5.32 Å². The van der Waals surface area contributed by atoms with Crippen molar-refractivity contribution in [3.05, 3.63) is 29.3 Å². The Morgan fingerprint density at radius 2 is 2.00 bits per heavy atom. The number of ether oxygens (including phenoxy) is 1. The molecular formula is C15H21F3N2O. The lowest BCUT2D eigenvalue weighted by atomic mass is 10.1. The van der Waals surface area contributed by atoms with E-state index >= 15 is 0 Å². The van der Waals surface area contributed by atoms with Gasteiger partial charge in [-0.05, 0) is 44.6 Å². The quantitative estimate of drug-likeness (QED) is 0.838. The fourth-order valence-electron chi connectivity index (χ4n) is 1.92. The Bertz CT molecular complexity index is 470. The number of halogens is 3. The molecule has 118 valence electrons. The van der Waals surface area contributed by atoms with Crippen molar-refractivity contribution >= 4 is 0 Å². The number of hydrogen-bond acceptors (Lipinski definition) is 3. The zero-order chi connectivity index (χ0) is 15.5. The summed E-state index contributed by atoms with van der Waals surface area (Å²) in [5.74, 6) is -0.0977. The molecule has 2 rings (SSSR count). The molecule has 0 spiro atoms. The van der Waals surface area contributed by atoms with Crippen molar-refractivity contribution in [2.45, 2.75) is 31.6 Å². The van der Waals surface area contributed by atoms with Crippen LogP contribution in [0, 0.1) is 0 Å². The SMILES string of the molecule is CN(C)CCOc1ccc(CNC2CC2)cc1C(F)(F)F. The first-order chi connectivity index (χ1) is 9.86. The highest BCUT2D eigenvalue weighted by atomic mass is 19.4. The second kappa shape index (κ2) is 6.66. The van der Waals surface area contributed by atoms with Gasteiger partial charge in [0.1, 0.15) is 12.4 Å². The summed E-state index contributed by atoms with van der Waals surface area (Å²) < 4.78 is 44.6. The summed E-state index contributed by atoms with van der Waals surface area (Å²) in [5, 5.41) is 3.21. The highest BCUT2D eigenvalue weighted by Gasteiger charge is 2.34. The van der Waals surface area contributed by atoms with Crippen LogP contribution in [-0.4, -0.2) is 38.2 Å². The van der Waals surface area contributed by atoms with Crippen molar-refractivity contribution in [2.75, 3.05) is 27.2 Å². The lowest BCUT2D eigenvalue weighted by Crippen LogP contribution is -2.21.